The van der Waals surface area contributed by atoms with Gasteiger partial charge in [0.1, 0.15) is 5.82 Å². The lowest BCUT2D eigenvalue weighted by molar-refractivity contribution is 0.626. The second-order valence-electron chi connectivity index (χ2n) is 4.99. The van der Waals surface area contributed by atoms with Gasteiger partial charge >= 0.3 is 0 Å². The van der Waals surface area contributed by atoms with E-state index in [-0.39, 0.29) is 11.9 Å². The van der Waals surface area contributed by atoms with Crippen LogP contribution in [-0.4, -0.2) is 0 Å². The van der Waals surface area contributed by atoms with Gasteiger partial charge in [-0.15, -0.1) is 0 Å². The lowest BCUT2D eigenvalue weighted by atomic mass is 10.0. The first-order valence-electron chi connectivity index (χ1n) is 6.26. The van der Waals surface area contributed by atoms with Crippen molar-refractivity contribution >= 4 is 5.69 Å². The van der Waals surface area contributed by atoms with Gasteiger partial charge in [0.25, 0.3) is 0 Å². The van der Waals surface area contributed by atoms with Crippen LogP contribution < -0.4 is 5.32 Å². The Kier molecular flexibility index (Phi) is 2.58. The molecule has 1 aliphatic rings. The molecule has 1 unspecified atom stereocenters. The molecule has 0 spiro atoms. The molecule has 3 rings (SSSR count). The minimum Gasteiger partial charge on any atom is -0.377 e. The standard InChI is InChI=1S/C16H16FN/c1-10-3-4-13-9-15(18-16(13)11(10)2)12-5-7-14(17)8-6-12/h3-8,15,18H,9H2,1-2H3. The first kappa shape index (κ1) is 11.3. The Morgan fingerprint density at radius 3 is 2.50 bits per heavy atom. The Bertz CT molecular complexity index is 587. The zero-order valence-electron chi connectivity index (χ0n) is 10.6. The molecule has 0 fully saturated rings. The van der Waals surface area contributed by atoms with Crippen LogP contribution in [-0.2, 0) is 6.42 Å². The third kappa shape index (κ3) is 1.78. The van der Waals surface area contributed by atoms with Crippen LogP contribution in [0.25, 0.3) is 0 Å². The summed E-state index contributed by atoms with van der Waals surface area (Å²) in [6.07, 6.45) is 0.974. The van der Waals surface area contributed by atoms with Crippen molar-refractivity contribution in [3.63, 3.8) is 0 Å². The molecule has 1 aliphatic heterocycles. The topological polar surface area (TPSA) is 12.0 Å². The molecule has 2 aromatic carbocycles. The molecule has 1 atom stereocenters. The summed E-state index contributed by atoms with van der Waals surface area (Å²) in [5.74, 6) is -0.179. The van der Waals surface area contributed by atoms with Crippen LogP contribution in [0, 0.1) is 19.7 Å². The predicted octanol–water partition coefficient (Wildman–Crippen LogP) is 4.15. The van der Waals surface area contributed by atoms with E-state index in [9.17, 15) is 4.39 Å². The maximum Gasteiger partial charge on any atom is 0.123 e. The van der Waals surface area contributed by atoms with E-state index in [2.05, 4.69) is 31.3 Å². The summed E-state index contributed by atoms with van der Waals surface area (Å²) < 4.78 is 12.9. The Morgan fingerprint density at radius 2 is 1.78 bits per heavy atom. The molecule has 0 aliphatic carbocycles. The van der Waals surface area contributed by atoms with Crippen LogP contribution in [0.3, 0.4) is 0 Å². The lowest BCUT2D eigenvalue weighted by Gasteiger charge is -2.13. The number of aryl methyl sites for hydroxylation is 1. The Morgan fingerprint density at radius 1 is 1.06 bits per heavy atom. The van der Waals surface area contributed by atoms with Gasteiger partial charge in [0.15, 0.2) is 0 Å². The van der Waals surface area contributed by atoms with E-state index in [1.807, 2.05) is 12.1 Å². The van der Waals surface area contributed by atoms with Crippen LogP contribution in [0.4, 0.5) is 10.1 Å². The van der Waals surface area contributed by atoms with Gasteiger partial charge in [-0.1, -0.05) is 24.3 Å². The molecule has 92 valence electrons. The first-order chi connectivity index (χ1) is 8.65. The van der Waals surface area contributed by atoms with Crippen LogP contribution in [0.1, 0.15) is 28.3 Å². The molecule has 0 radical (unpaired) electrons. The van der Waals surface area contributed by atoms with Gasteiger partial charge in [-0.05, 0) is 54.7 Å². The number of fused-ring (bicyclic) bond motifs is 1. The van der Waals surface area contributed by atoms with Crippen molar-refractivity contribution in [1.29, 1.82) is 0 Å². The first-order valence-corrected chi connectivity index (χ1v) is 6.26. The van der Waals surface area contributed by atoms with Gasteiger partial charge in [-0.3, -0.25) is 0 Å². The molecule has 0 aromatic heterocycles. The largest absolute Gasteiger partial charge is 0.377 e. The molecule has 0 saturated carbocycles. The highest BCUT2D eigenvalue weighted by atomic mass is 19.1. The third-order valence-corrected chi connectivity index (χ3v) is 3.84. The number of benzene rings is 2. The Labute approximate surface area is 107 Å². The average Bonchev–Trinajstić information content (AvgIpc) is 2.80. The average molecular weight is 241 g/mol. The maximum atomic E-state index is 12.9. The molecule has 1 N–H and O–H groups in total. The van der Waals surface area contributed by atoms with Gasteiger partial charge in [0.2, 0.25) is 0 Å². The number of halogens is 1. The highest BCUT2D eigenvalue weighted by Gasteiger charge is 2.23. The Balaban J connectivity index is 1.93. The van der Waals surface area contributed by atoms with Crippen LogP contribution in [0.5, 0.6) is 0 Å². The van der Waals surface area contributed by atoms with Gasteiger partial charge < -0.3 is 5.32 Å². The number of anilines is 1. The Hall–Kier alpha value is -1.83. The van der Waals surface area contributed by atoms with E-state index in [0.717, 1.165) is 12.0 Å². The van der Waals surface area contributed by atoms with Gasteiger partial charge in [0, 0.05) is 5.69 Å². The summed E-state index contributed by atoms with van der Waals surface area (Å²) in [7, 11) is 0. The molecule has 0 bridgehead atoms. The quantitative estimate of drug-likeness (QED) is 0.790. The smallest absolute Gasteiger partial charge is 0.123 e. The van der Waals surface area contributed by atoms with Crippen molar-refractivity contribution in [1.82, 2.24) is 0 Å². The number of hydrogen-bond acceptors (Lipinski definition) is 1. The number of hydrogen-bond donors (Lipinski definition) is 1. The van der Waals surface area contributed by atoms with Crippen molar-refractivity contribution in [3.8, 4) is 0 Å². The van der Waals surface area contributed by atoms with E-state index in [4.69, 9.17) is 0 Å². The fourth-order valence-electron chi connectivity index (χ4n) is 2.58. The third-order valence-electron chi connectivity index (χ3n) is 3.84. The zero-order chi connectivity index (χ0) is 12.7. The van der Waals surface area contributed by atoms with Crippen LogP contribution in [0.2, 0.25) is 0 Å². The minimum absolute atomic E-state index is 0.179. The van der Waals surface area contributed by atoms with Crippen molar-refractivity contribution in [2.45, 2.75) is 26.3 Å². The maximum absolute atomic E-state index is 12.9. The highest BCUT2D eigenvalue weighted by molar-refractivity contribution is 5.64. The summed E-state index contributed by atoms with van der Waals surface area (Å²) in [6.45, 7) is 4.27. The molecule has 1 heterocycles. The normalized spacial score (nSPS) is 17.4. The van der Waals surface area contributed by atoms with E-state index >= 15 is 0 Å². The van der Waals surface area contributed by atoms with E-state index in [0.29, 0.717) is 0 Å². The summed E-state index contributed by atoms with van der Waals surface area (Å²) in [5, 5.41) is 3.56. The van der Waals surface area contributed by atoms with Gasteiger partial charge in [-0.2, -0.15) is 0 Å². The molecule has 0 saturated heterocycles. The molecule has 0 amide bonds. The SMILES string of the molecule is Cc1ccc2c(c1C)NC(c1ccc(F)cc1)C2. The molecular formula is C16H16FN. The van der Waals surface area contributed by atoms with E-state index in [1.54, 1.807) is 0 Å². The zero-order valence-corrected chi connectivity index (χ0v) is 10.6. The lowest BCUT2D eigenvalue weighted by Crippen LogP contribution is -2.06. The van der Waals surface area contributed by atoms with Crippen molar-refractivity contribution in [2.24, 2.45) is 0 Å². The summed E-state index contributed by atoms with van der Waals surface area (Å²) in [5.41, 5.74) is 6.37. The highest BCUT2D eigenvalue weighted by Crippen LogP contribution is 2.37. The predicted molar refractivity (Wildman–Crippen MR) is 72.4 cm³/mol. The van der Waals surface area contributed by atoms with Crippen molar-refractivity contribution in [3.05, 3.63) is 64.5 Å². The van der Waals surface area contributed by atoms with Crippen molar-refractivity contribution in [2.75, 3.05) is 5.32 Å². The van der Waals surface area contributed by atoms with Gasteiger partial charge in [-0.25, -0.2) is 4.39 Å². The minimum atomic E-state index is -0.179. The fraction of sp³-hybridized carbons (Fsp3) is 0.250. The van der Waals surface area contributed by atoms with Gasteiger partial charge in [0.05, 0.1) is 6.04 Å². The van der Waals surface area contributed by atoms with E-state index < -0.39 is 0 Å². The fourth-order valence-corrected chi connectivity index (χ4v) is 2.58. The summed E-state index contributed by atoms with van der Waals surface area (Å²) in [6, 6.07) is 11.4. The van der Waals surface area contributed by atoms with Crippen LogP contribution >= 0.6 is 0 Å². The molecule has 2 heteroatoms. The number of rotatable bonds is 1. The molecule has 18 heavy (non-hydrogen) atoms. The monoisotopic (exact) mass is 241 g/mol. The molecular weight excluding hydrogens is 225 g/mol. The second-order valence-corrected chi connectivity index (χ2v) is 4.99. The molecule has 1 nitrogen and oxygen atoms in total. The molecule has 2 aromatic rings. The van der Waals surface area contributed by atoms with Crippen LogP contribution in [0.15, 0.2) is 36.4 Å². The summed E-state index contributed by atoms with van der Waals surface area (Å²) >= 11 is 0. The second kappa shape index (κ2) is 4.13. The van der Waals surface area contributed by atoms with Crippen molar-refractivity contribution < 1.29 is 4.39 Å². The summed E-state index contributed by atoms with van der Waals surface area (Å²) in [4.78, 5) is 0. The number of nitrogens with one attached hydrogen (secondary N) is 1. The van der Waals surface area contributed by atoms with E-state index in [1.165, 1.54) is 34.5 Å².